The molecule has 0 unspecified atom stereocenters. The van der Waals surface area contributed by atoms with Gasteiger partial charge in [0, 0.05) is 11.8 Å². The van der Waals surface area contributed by atoms with Crippen molar-refractivity contribution >= 4 is 12.4 Å². The normalized spacial score (nSPS) is 15.5. The Bertz CT molecular complexity index is 1110. The van der Waals surface area contributed by atoms with Gasteiger partial charge in [0.05, 0.1) is 16.8 Å². The first-order valence-corrected chi connectivity index (χ1v) is 8.59. The maximum absolute atomic E-state index is 13.0. The van der Waals surface area contributed by atoms with Crippen molar-refractivity contribution in [2.45, 2.75) is 37.9 Å². The van der Waals surface area contributed by atoms with Gasteiger partial charge in [-0.15, -0.1) is 12.4 Å². The van der Waals surface area contributed by atoms with Crippen LogP contribution in [-0.4, -0.2) is 19.9 Å². The molecule has 0 saturated heterocycles. The van der Waals surface area contributed by atoms with Crippen molar-refractivity contribution in [3.63, 3.8) is 0 Å². The zero-order valence-corrected chi connectivity index (χ0v) is 16.0. The molecule has 4 rings (SSSR count). The maximum atomic E-state index is 13.0. The van der Waals surface area contributed by atoms with Crippen molar-refractivity contribution in [2.24, 2.45) is 5.73 Å². The lowest BCUT2D eigenvalue weighted by Gasteiger charge is -2.34. The summed E-state index contributed by atoms with van der Waals surface area (Å²) in [7, 11) is 0. The summed E-state index contributed by atoms with van der Waals surface area (Å²) in [6.07, 6.45) is -2.12. The van der Waals surface area contributed by atoms with Gasteiger partial charge >= 0.3 is 6.18 Å². The van der Waals surface area contributed by atoms with Crippen molar-refractivity contribution in [1.82, 2.24) is 19.9 Å². The monoisotopic (exact) mass is 427 g/mol. The summed E-state index contributed by atoms with van der Waals surface area (Å²) in [5.74, 6) is 0.179. The first kappa shape index (κ1) is 21.0. The first-order valence-electron chi connectivity index (χ1n) is 8.59. The molecule has 1 saturated carbocycles. The van der Waals surface area contributed by atoms with Gasteiger partial charge in [0.2, 0.25) is 5.43 Å². The number of aromatic nitrogens is 4. The van der Waals surface area contributed by atoms with Crippen LogP contribution in [0.15, 0.2) is 39.6 Å². The van der Waals surface area contributed by atoms with E-state index in [0.717, 1.165) is 18.6 Å². The molecule has 0 bridgehead atoms. The zero-order chi connectivity index (χ0) is 20.1. The van der Waals surface area contributed by atoms with E-state index in [0.29, 0.717) is 24.4 Å². The van der Waals surface area contributed by atoms with E-state index in [1.165, 1.54) is 22.9 Å². The van der Waals surface area contributed by atoms with E-state index in [2.05, 4.69) is 15.2 Å². The van der Waals surface area contributed by atoms with Gasteiger partial charge in [-0.2, -0.15) is 23.3 Å². The van der Waals surface area contributed by atoms with Crippen LogP contribution in [0.4, 0.5) is 13.2 Å². The molecule has 1 fully saturated rings. The fraction of sp³-hybridized carbons (Fsp3) is 0.333. The molecule has 0 atom stereocenters. The number of rotatable bonds is 3. The number of hydrogen-bond donors (Lipinski definition) is 1. The fourth-order valence-corrected chi connectivity index (χ4v) is 3.07. The van der Waals surface area contributed by atoms with Gasteiger partial charge in [0.15, 0.2) is 11.5 Å². The van der Waals surface area contributed by atoms with Gasteiger partial charge in [-0.05, 0) is 44.4 Å². The molecule has 3 aromatic rings. The number of nitrogens with zero attached hydrogens (tertiary/aromatic N) is 4. The highest BCUT2D eigenvalue weighted by Gasteiger charge is 2.39. The van der Waals surface area contributed by atoms with Gasteiger partial charge < -0.3 is 10.3 Å². The summed E-state index contributed by atoms with van der Waals surface area (Å²) >= 11 is 0. The van der Waals surface area contributed by atoms with E-state index in [1.54, 1.807) is 6.92 Å². The smallest absolute Gasteiger partial charge is 0.332 e. The third kappa shape index (κ3) is 3.77. The Morgan fingerprint density at radius 2 is 1.97 bits per heavy atom. The van der Waals surface area contributed by atoms with Crippen molar-refractivity contribution in [3.05, 3.63) is 57.6 Å². The van der Waals surface area contributed by atoms with Gasteiger partial charge in [0.25, 0.3) is 5.89 Å². The standard InChI is InChI=1S/C18H16F3N5O2.ClH/c1-10-8-13(27)14(15-23-16(25-28-15)17(22)6-3-7-17)24-26(10)12-5-2-4-11(9-12)18(19,20)21;/h2,4-5,8-9H,3,6-7,22H2,1H3;1H. The number of halogens is 4. The lowest BCUT2D eigenvalue weighted by molar-refractivity contribution is -0.137. The Morgan fingerprint density at radius 3 is 2.59 bits per heavy atom. The molecule has 7 nitrogen and oxygen atoms in total. The maximum Gasteiger partial charge on any atom is 0.416 e. The van der Waals surface area contributed by atoms with Crippen LogP contribution in [0.25, 0.3) is 17.3 Å². The number of alkyl halides is 3. The summed E-state index contributed by atoms with van der Waals surface area (Å²) in [6, 6.07) is 5.92. The number of nitrogens with two attached hydrogens (primary N) is 1. The Morgan fingerprint density at radius 1 is 1.24 bits per heavy atom. The van der Waals surface area contributed by atoms with Crippen LogP contribution in [0, 0.1) is 6.92 Å². The van der Waals surface area contributed by atoms with Crippen LogP contribution in [0.5, 0.6) is 0 Å². The van der Waals surface area contributed by atoms with Crippen molar-refractivity contribution in [1.29, 1.82) is 0 Å². The summed E-state index contributed by atoms with van der Waals surface area (Å²) < 4.78 is 45.5. The Labute approximate surface area is 169 Å². The first-order chi connectivity index (χ1) is 13.2. The van der Waals surface area contributed by atoms with E-state index in [9.17, 15) is 18.0 Å². The molecule has 2 aromatic heterocycles. The highest BCUT2D eigenvalue weighted by atomic mass is 35.5. The number of benzene rings is 1. The van der Waals surface area contributed by atoms with Gasteiger partial charge in [-0.3, -0.25) is 4.79 Å². The van der Waals surface area contributed by atoms with E-state index < -0.39 is 22.7 Å². The molecule has 1 aliphatic rings. The second-order valence-corrected chi connectivity index (χ2v) is 6.89. The predicted octanol–water partition coefficient (Wildman–Crippen LogP) is 3.37. The van der Waals surface area contributed by atoms with E-state index in [1.807, 2.05) is 0 Å². The van der Waals surface area contributed by atoms with Gasteiger partial charge in [-0.25, -0.2) is 4.68 Å². The Kier molecular flexibility index (Phi) is 5.26. The van der Waals surface area contributed by atoms with Gasteiger partial charge in [-0.1, -0.05) is 11.2 Å². The molecular weight excluding hydrogens is 411 g/mol. The van der Waals surface area contributed by atoms with Crippen molar-refractivity contribution < 1.29 is 17.7 Å². The molecule has 29 heavy (non-hydrogen) atoms. The largest absolute Gasteiger partial charge is 0.416 e. The van der Waals surface area contributed by atoms with Crippen LogP contribution < -0.4 is 11.2 Å². The molecule has 0 aliphatic heterocycles. The molecule has 2 N–H and O–H groups in total. The molecule has 0 radical (unpaired) electrons. The molecule has 0 amide bonds. The van der Waals surface area contributed by atoms with Crippen LogP contribution in [0.2, 0.25) is 0 Å². The van der Waals surface area contributed by atoms with Gasteiger partial charge in [0.1, 0.15) is 0 Å². The quantitative estimate of drug-likeness (QED) is 0.688. The van der Waals surface area contributed by atoms with Crippen molar-refractivity contribution in [2.75, 3.05) is 0 Å². The number of aryl methyl sites for hydroxylation is 1. The molecule has 1 aliphatic carbocycles. The van der Waals surface area contributed by atoms with E-state index in [-0.39, 0.29) is 29.7 Å². The average Bonchev–Trinajstić information content (AvgIpc) is 3.09. The second-order valence-electron chi connectivity index (χ2n) is 6.89. The summed E-state index contributed by atoms with van der Waals surface area (Å²) in [4.78, 5) is 16.6. The topological polar surface area (TPSA) is 99.8 Å². The Hall–Kier alpha value is -2.72. The predicted molar refractivity (Wildman–Crippen MR) is 99.8 cm³/mol. The lowest BCUT2D eigenvalue weighted by atomic mass is 9.77. The average molecular weight is 428 g/mol. The lowest BCUT2D eigenvalue weighted by Crippen LogP contribution is -2.44. The summed E-state index contributed by atoms with van der Waals surface area (Å²) in [5.41, 5.74) is 4.56. The van der Waals surface area contributed by atoms with Crippen LogP contribution in [0.1, 0.15) is 36.3 Å². The SMILES string of the molecule is Cc1cc(=O)c(-c2nc(C3(N)CCC3)no2)nn1-c1cccc(C(F)(F)F)c1.Cl. The van der Waals surface area contributed by atoms with Crippen LogP contribution in [0.3, 0.4) is 0 Å². The molecule has 2 heterocycles. The van der Waals surface area contributed by atoms with Crippen LogP contribution >= 0.6 is 12.4 Å². The summed E-state index contributed by atoms with van der Waals surface area (Å²) in [5, 5.41) is 8.03. The highest BCUT2D eigenvalue weighted by molar-refractivity contribution is 5.85. The Balaban J connectivity index is 0.00000240. The van der Waals surface area contributed by atoms with Crippen molar-refractivity contribution in [3.8, 4) is 17.3 Å². The van der Waals surface area contributed by atoms with E-state index >= 15 is 0 Å². The third-order valence-electron chi connectivity index (χ3n) is 4.85. The fourth-order valence-electron chi connectivity index (χ4n) is 3.07. The number of hydrogen-bond acceptors (Lipinski definition) is 6. The molecule has 154 valence electrons. The second kappa shape index (κ2) is 7.27. The molecular formula is C18H17ClF3N5O2. The van der Waals surface area contributed by atoms with Crippen LogP contribution in [-0.2, 0) is 11.7 Å². The minimum atomic E-state index is -4.49. The molecule has 0 spiro atoms. The summed E-state index contributed by atoms with van der Waals surface area (Å²) in [6.45, 7) is 1.57. The molecule has 11 heteroatoms. The molecule has 1 aromatic carbocycles. The zero-order valence-electron chi connectivity index (χ0n) is 15.2. The highest BCUT2D eigenvalue weighted by Crippen LogP contribution is 2.37. The minimum Gasteiger partial charge on any atom is -0.332 e. The third-order valence-corrected chi connectivity index (χ3v) is 4.85. The van der Waals surface area contributed by atoms with E-state index in [4.69, 9.17) is 10.3 Å². The minimum absolute atomic E-state index is 0.